The van der Waals surface area contributed by atoms with Gasteiger partial charge in [-0.2, -0.15) is 0 Å². The zero-order chi connectivity index (χ0) is 13.4. The molecule has 0 aliphatic heterocycles. The first-order valence-electron chi connectivity index (χ1n) is 6.48. The maximum atomic E-state index is 11.6. The minimum absolute atomic E-state index is 0.281. The molecule has 0 saturated carbocycles. The summed E-state index contributed by atoms with van der Waals surface area (Å²) in [6, 6.07) is 1.77. The van der Waals surface area contributed by atoms with Gasteiger partial charge >= 0.3 is 5.63 Å². The fourth-order valence-electron chi connectivity index (χ4n) is 2.70. The summed E-state index contributed by atoms with van der Waals surface area (Å²) in [5, 5.41) is 9.49. The van der Waals surface area contributed by atoms with Gasteiger partial charge in [0, 0.05) is 5.56 Å². The van der Waals surface area contributed by atoms with Gasteiger partial charge in [-0.25, -0.2) is 4.79 Å². The molecule has 0 unspecified atom stereocenters. The smallest absolute Gasteiger partial charge is 0.379 e. The summed E-state index contributed by atoms with van der Waals surface area (Å²) in [5.41, 5.74) is 2.47. The normalized spacial score (nSPS) is 19.9. The van der Waals surface area contributed by atoms with Crippen LogP contribution in [-0.2, 0) is 0 Å². The predicted octanol–water partition coefficient (Wildman–Crippen LogP) is 3.49. The zero-order valence-electron chi connectivity index (χ0n) is 11.4. The van der Waals surface area contributed by atoms with E-state index in [1.54, 1.807) is 13.0 Å². The van der Waals surface area contributed by atoms with Crippen molar-refractivity contribution in [1.82, 2.24) is 0 Å². The van der Waals surface area contributed by atoms with Crippen molar-refractivity contribution in [2.75, 3.05) is 0 Å². The molecule has 3 heteroatoms. The van der Waals surface area contributed by atoms with Crippen LogP contribution in [0.5, 0.6) is 5.75 Å². The van der Waals surface area contributed by atoms with Gasteiger partial charge in [0.05, 0.1) is 0 Å². The van der Waals surface area contributed by atoms with E-state index in [2.05, 4.69) is 20.8 Å². The molecular weight excluding hydrogens is 228 g/mol. The molecule has 1 N–H and O–H groups in total. The number of allylic oxidation sites excluding steroid dienone is 2. The molecule has 18 heavy (non-hydrogen) atoms. The van der Waals surface area contributed by atoms with Crippen LogP contribution >= 0.6 is 0 Å². The lowest BCUT2D eigenvalue weighted by Crippen LogP contribution is -2.05. The fraction of sp³-hybridized carbons (Fsp3) is 0.533. The maximum absolute atomic E-state index is 11.6. The number of hydrogen-bond acceptors (Lipinski definition) is 3. The van der Waals surface area contributed by atoms with Crippen molar-refractivity contribution in [2.24, 2.45) is 11.8 Å². The second-order valence-corrected chi connectivity index (χ2v) is 5.46. The van der Waals surface area contributed by atoms with Crippen LogP contribution in [-0.4, -0.2) is 5.11 Å². The fourth-order valence-corrected chi connectivity index (χ4v) is 2.70. The van der Waals surface area contributed by atoms with Crippen molar-refractivity contribution < 1.29 is 9.52 Å². The highest BCUT2D eigenvalue weighted by Crippen LogP contribution is 2.41. The van der Waals surface area contributed by atoms with Crippen molar-refractivity contribution in [1.29, 1.82) is 0 Å². The SMILES string of the molecule is Cc1cc(C2=C(C(C)C)CC[C@H]2C)oc(=O)c1O. The van der Waals surface area contributed by atoms with Gasteiger partial charge in [-0.05, 0) is 43.2 Å². The molecule has 3 nitrogen and oxygen atoms in total. The molecule has 1 aromatic rings. The summed E-state index contributed by atoms with van der Waals surface area (Å²) in [6.07, 6.45) is 2.17. The van der Waals surface area contributed by atoms with Crippen LogP contribution in [0, 0.1) is 18.8 Å². The average molecular weight is 248 g/mol. The highest BCUT2D eigenvalue weighted by Gasteiger charge is 2.27. The van der Waals surface area contributed by atoms with Gasteiger partial charge in [-0.3, -0.25) is 0 Å². The molecule has 0 spiro atoms. The standard InChI is InChI=1S/C15H20O3/c1-8(2)11-6-5-9(3)13(11)12-7-10(4)14(16)15(17)18-12/h7-9,16H,5-6H2,1-4H3/t9-/m1/s1. The van der Waals surface area contributed by atoms with Crippen LogP contribution in [0.4, 0.5) is 0 Å². The van der Waals surface area contributed by atoms with Gasteiger partial charge in [-0.1, -0.05) is 26.3 Å². The molecule has 98 valence electrons. The molecule has 0 amide bonds. The molecular formula is C15H20O3. The van der Waals surface area contributed by atoms with Crippen LogP contribution in [0.15, 0.2) is 20.9 Å². The average Bonchev–Trinajstić information content (AvgIpc) is 2.67. The molecule has 0 bridgehead atoms. The van der Waals surface area contributed by atoms with E-state index in [1.807, 2.05) is 0 Å². The third kappa shape index (κ3) is 2.09. The van der Waals surface area contributed by atoms with E-state index in [0.29, 0.717) is 23.2 Å². The molecule has 1 atom stereocenters. The van der Waals surface area contributed by atoms with E-state index in [9.17, 15) is 9.90 Å². The molecule has 1 aliphatic rings. The molecule has 1 heterocycles. The summed E-state index contributed by atoms with van der Waals surface area (Å²) in [5.74, 6) is 1.22. The second-order valence-electron chi connectivity index (χ2n) is 5.46. The summed E-state index contributed by atoms with van der Waals surface area (Å²) < 4.78 is 5.26. The van der Waals surface area contributed by atoms with Crippen LogP contribution in [0.25, 0.3) is 5.57 Å². The molecule has 0 saturated heterocycles. The number of aromatic hydroxyl groups is 1. The molecule has 0 fully saturated rings. The summed E-state index contributed by atoms with van der Waals surface area (Å²) in [6.45, 7) is 8.22. The predicted molar refractivity (Wildman–Crippen MR) is 71.5 cm³/mol. The van der Waals surface area contributed by atoms with E-state index in [4.69, 9.17) is 4.42 Å². The Kier molecular flexibility index (Phi) is 3.33. The van der Waals surface area contributed by atoms with Gasteiger partial charge in [0.25, 0.3) is 0 Å². The van der Waals surface area contributed by atoms with Crippen molar-refractivity contribution in [2.45, 2.75) is 40.5 Å². The first-order chi connectivity index (χ1) is 8.41. The topological polar surface area (TPSA) is 50.4 Å². The molecule has 2 rings (SSSR count). The van der Waals surface area contributed by atoms with E-state index in [-0.39, 0.29) is 5.75 Å². The van der Waals surface area contributed by atoms with Gasteiger partial charge in [0.2, 0.25) is 5.75 Å². The molecule has 0 radical (unpaired) electrons. The van der Waals surface area contributed by atoms with Gasteiger partial charge in [-0.15, -0.1) is 0 Å². The Morgan fingerprint density at radius 2 is 2.11 bits per heavy atom. The van der Waals surface area contributed by atoms with E-state index < -0.39 is 5.63 Å². The highest BCUT2D eigenvalue weighted by molar-refractivity contribution is 5.69. The largest absolute Gasteiger partial charge is 0.502 e. The van der Waals surface area contributed by atoms with Gasteiger partial charge < -0.3 is 9.52 Å². The van der Waals surface area contributed by atoms with E-state index >= 15 is 0 Å². The first-order valence-corrected chi connectivity index (χ1v) is 6.48. The second kappa shape index (κ2) is 4.63. The Bertz CT molecular complexity index is 549. The number of aryl methyl sites for hydroxylation is 1. The Morgan fingerprint density at radius 3 is 2.67 bits per heavy atom. The van der Waals surface area contributed by atoms with Crippen molar-refractivity contribution in [3.05, 3.63) is 33.4 Å². The Labute approximate surface area is 107 Å². The first kappa shape index (κ1) is 12.9. The Balaban J connectivity index is 2.60. The summed E-state index contributed by atoms with van der Waals surface area (Å²) in [4.78, 5) is 11.6. The van der Waals surface area contributed by atoms with Crippen molar-refractivity contribution in [3.8, 4) is 5.75 Å². The molecule has 0 aromatic carbocycles. The van der Waals surface area contributed by atoms with E-state index in [0.717, 1.165) is 18.4 Å². The summed E-state index contributed by atoms with van der Waals surface area (Å²) >= 11 is 0. The lowest BCUT2D eigenvalue weighted by molar-refractivity contribution is 0.401. The maximum Gasteiger partial charge on any atom is 0.379 e. The van der Waals surface area contributed by atoms with Crippen molar-refractivity contribution in [3.63, 3.8) is 0 Å². The van der Waals surface area contributed by atoms with Gasteiger partial charge in [0.15, 0.2) is 0 Å². The summed E-state index contributed by atoms with van der Waals surface area (Å²) in [7, 11) is 0. The van der Waals surface area contributed by atoms with Crippen LogP contribution in [0.1, 0.15) is 44.9 Å². The Hall–Kier alpha value is -1.51. The van der Waals surface area contributed by atoms with Crippen LogP contribution in [0.2, 0.25) is 0 Å². The van der Waals surface area contributed by atoms with E-state index in [1.165, 1.54) is 5.57 Å². The quantitative estimate of drug-likeness (QED) is 0.871. The monoisotopic (exact) mass is 248 g/mol. The molecule has 1 aromatic heterocycles. The minimum atomic E-state index is -0.639. The highest BCUT2D eigenvalue weighted by atomic mass is 16.4. The third-order valence-corrected chi connectivity index (χ3v) is 3.76. The lowest BCUT2D eigenvalue weighted by Gasteiger charge is -2.13. The molecule has 1 aliphatic carbocycles. The van der Waals surface area contributed by atoms with Crippen molar-refractivity contribution >= 4 is 5.57 Å². The van der Waals surface area contributed by atoms with Crippen LogP contribution in [0.3, 0.4) is 0 Å². The lowest BCUT2D eigenvalue weighted by atomic mass is 9.94. The third-order valence-electron chi connectivity index (χ3n) is 3.76. The number of hydrogen-bond donors (Lipinski definition) is 1. The van der Waals surface area contributed by atoms with Gasteiger partial charge in [0.1, 0.15) is 5.76 Å². The Morgan fingerprint density at radius 1 is 1.44 bits per heavy atom. The minimum Gasteiger partial charge on any atom is -0.502 e. The number of rotatable bonds is 2. The zero-order valence-corrected chi connectivity index (χ0v) is 11.4. The van der Waals surface area contributed by atoms with Crippen LogP contribution < -0.4 is 5.63 Å².